The average molecular weight is 476 g/mol. The quantitative estimate of drug-likeness (QED) is 0.437. The molecule has 1 aromatic carbocycles. The second-order valence-electron chi connectivity index (χ2n) is 7.92. The first-order valence-electron chi connectivity index (χ1n) is 10.7. The summed E-state index contributed by atoms with van der Waals surface area (Å²) in [7, 11) is 1.61. The maximum atomic E-state index is 12.8. The molecule has 0 bridgehead atoms. The largest absolute Gasteiger partial charge is 0.489 e. The van der Waals surface area contributed by atoms with Crippen LogP contribution in [0.3, 0.4) is 0 Å². The van der Waals surface area contributed by atoms with Gasteiger partial charge in [-0.25, -0.2) is 9.67 Å². The van der Waals surface area contributed by atoms with E-state index in [9.17, 15) is 9.59 Å². The van der Waals surface area contributed by atoms with Crippen LogP contribution in [-0.4, -0.2) is 25.7 Å². The first kappa shape index (κ1) is 23.3. The number of nitrogens with one attached hydrogen (secondary N) is 1. The van der Waals surface area contributed by atoms with Gasteiger partial charge in [0.05, 0.1) is 17.0 Å². The van der Waals surface area contributed by atoms with Crippen LogP contribution in [0.4, 0.5) is 0 Å². The fourth-order valence-electron chi connectivity index (χ4n) is 3.43. The molecule has 0 aliphatic carbocycles. The molecule has 0 fully saturated rings. The molecule has 0 aliphatic heterocycles. The van der Waals surface area contributed by atoms with Gasteiger partial charge in [0, 0.05) is 31.5 Å². The average Bonchev–Trinajstić information content (AvgIpc) is 3.22. The summed E-state index contributed by atoms with van der Waals surface area (Å²) in [5.41, 5.74) is 4.32. The highest BCUT2D eigenvalue weighted by atomic mass is 32.1. The van der Waals surface area contributed by atoms with Crippen LogP contribution in [0.5, 0.6) is 5.75 Å². The summed E-state index contributed by atoms with van der Waals surface area (Å²) >= 11 is 1.22. The van der Waals surface area contributed by atoms with E-state index in [1.54, 1.807) is 26.4 Å². The molecule has 8 nitrogen and oxygen atoms in total. The summed E-state index contributed by atoms with van der Waals surface area (Å²) in [5.74, 6) is 0.518. The zero-order valence-corrected chi connectivity index (χ0v) is 20.3. The van der Waals surface area contributed by atoms with Crippen LogP contribution in [0.25, 0.3) is 10.6 Å². The van der Waals surface area contributed by atoms with Crippen molar-refractivity contribution in [1.82, 2.24) is 25.1 Å². The van der Waals surface area contributed by atoms with Crippen molar-refractivity contribution in [3.8, 4) is 16.3 Å². The number of amides is 1. The molecule has 174 valence electrons. The van der Waals surface area contributed by atoms with Gasteiger partial charge >= 0.3 is 0 Å². The molecule has 0 spiro atoms. The van der Waals surface area contributed by atoms with Crippen molar-refractivity contribution in [3.05, 3.63) is 92.1 Å². The van der Waals surface area contributed by atoms with Crippen molar-refractivity contribution in [2.45, 2.75) is 33.9 Å². The van der Waals surface area contributed by atoms with Crippen molar-refractivity contribution in [3.63, 3.8) is 0 Å². The third-order valence-corrected chi connectivity index (χ3v) is 6.62. The van der Waals surface area contributed by atoms with Crippen LogP contribution in [0.2, 0.25) is 0 Å². The van der Waals surface area contributed by atoms with Gasteiger partial charge in [0.2, 0.25) is 0 Å². The van der Waals surface area contributed by atoms with Crippen molar-refractivity contribution < 1.29 is 9.53 Å². The second-order valence-corrected chi connectivity index (χ2v) is 8.92. The maximum Gasteiger partial charge on any atom is 0.277 e. The lowest BCUT2D eigenvalue weighted by Crippen LogP contribution is -2.23. The van der Waals surface area contributed by atoms with Gasteiger partial charge in [-0.2, -0.15) is 5.10 Å². The second kappa shape index (κ2) is 9.96. The lowest BCUT2D eigenvalue weighted by atomic mass is 10.1. The summed E-state index contributed by atoms with van der Waals surface area (Å²) in [4.78, 5) is 34.6. The number of benzene rings is 1. The van der Waals surface area contributed by atoms with Gasteiger partial charge in [-0.05, 0) is 50.1 Å². The molecular weight excluding hydrogens is 450 g/mol. The summed E-state index contributed by atoms with van der Waals surface area (Å²) in [6, 6.07) is 11.4. The summed E-state index contributed by atoms with van der Waals surface area (Å²) in [6.45, 7) is 6.28. The topological polar surface area (TPSA) is 99.0 Å². The molecule has 4 aromatic rings. The summed E-state index contributed by atoms with van der Waals surface area (Å²) in [6.07, 6.45) is 3.50. The van der Waals surface area contributed by atoms with E-state index in [1.807, 2.05) is 50.2 Å². The summed E-state index contributed by atoms with van der Waals surface area (Å²) < 4.78 is 7.08. The van der Waals surface area contributed by atoms with Gasteiger partial charge in [0.25, 0.3) is 11.5 Å². The van der Waals surface area contributed by atoms with E-state index in [0.29, 0.717) is 34.3 Å². The fraction of sp³-hybridized carbons (Fsp3) is 0.240. The summed E-state index contributed by atoms with van der Waals surface area (Å²) in [5, 5.41) is 7.68. The van der Waals surface area contributed by atoms with Crippen molar-refractivity contribution >= 4 is 17.2 Å². The van der Waals surface area contributed by atoms with Crippen LogP contribution < -0.4 is 15.6 Å². The molecule has 3 aromatic heterocycles. The van der Waals surface area contributed by atoms with Crippen LogP contribution >= 0.6 is 11.3 Å². The predicted octanol–water partition coefficient (Wildman–Crippen LogP) is 3.73. The van der Waals surface area contributed by atoms with E-state index in [2.05, 4.69) is 20.4 Å². The number of rotatable bonds is 7. The Kier molecular flexibility index (Phi) is 6.83. The van der Waals surface area contributed by atoms with Gasteiger partial charge in [0.1, 0.15) is 22.2 Å². The molecule has 0 saturated carbocycles. The van der Waals surface area contributed by atoms with Crippen LogP contribution in [0, 0.1) is 20.8 Å². The molecule has 3 heterocycles. The van der Waals surface area contributed by atoms with Crippen molar-refractivity contribution in [1.29, 1.82) is 0 Å². The Bertz CT molecular complexity index is 1380. The molecular formula is C25H25N5O3S. The number of aryl methyl sites for hydroxylation is 3. The molecule has 4 rings (SSSR count). The van der Waals surface area contributed by atoms with Crippen molar-refractivity contribution in [2.75, 3.05) is 0 Å². The molecule has 0 unspecified atom stereocenters. The van der Waals surface area contributed by atoms with Crippen LogP contribution in [0.15, 0.2) is 53.6 Å². The number of hydrogen-bond acceptors (Lipinski definition) is 7. The van der Waals surface area contributed by atoms with Crippen molar-refractivity contribution in [2.24, 2.45) is 7.05 Å². The van der Waals surface area contributed by atoms with Crippen LogP contribution in [0.1, 0.15) is 37.7 Å². The Hall–Kier alpha value is -3.85. The minimum Gasteiger partial charge on any atom is -0.489 e. The Labute approximate surface area is 201 Å². The first-order valence-corrected chi connectivity index (χ1v) is 11.6. The fourth-order valence-corrected chi connectivity index (χ4v) is 4.51. The third-order valence-electron chi connectivity index (χ3n) is 5.45. The Morgan fingerprint density at radius 3 is 2.56 bits per heavy atom. The van der Waals surface area contributed by atoms with E-state index in [-0.39, 0.29) is 11.5 Å². The highest BCUT2D eigenvalue weighted by Crippen LogP contribution is 2.28. The number of hydrogen-bond donors (Lipinski definition) is 1. The first-order chi connectivity index (χ1) is 16.3. The third kappa shape index (κ3) is 5.04. The zero-order chi connectivity index (χ0) is 24.2. The van der Waals surface area contributed by atoms with E-state index < -0.39 is 0 Å². The molecule has 0 radical (unpaired) electrons. The van der Waals surface area contributed by atoms with E-state index >= 15 is 0 Å². The standard InChI is InChI=1S/C25H25N5O3S/c1-15-16(2)29-30(4)25(32)21(15)24-28-17(3)22(34-24)23(31)27-13-18-7-9-20(10-8-18)33-14-19-6-5-11-26-12-19/h5-12H,13-14H2,1-4H3,(H,27,31). The lowest BCUT2D eigenvalue weighted by Gasteiger charge is -2.08. The number of ether oxygens (including phenoxy) is 1. The van der Waals surface area contributed by atoms with Gasteiger partial charge in [0.15, 0.2) is 0 Å². The minimum absolute atomic E-state index is 0.224. The lowest BCUT2D eigenvalue weighted by molar-refractivity contribution is 0.0954. The molecule has 34 heavy (non-hydrogen) atoms. The normalized spacial score (nSPS) is 10.8. The number of thiazole rings is 1. The maximum absolute atomic E-state index is 12.8. The van der Waals surface area contributed by atoms with Gasteiger partial charge in [-0.15, -0.1) is 11.3 Å². The monoisotopic (exact) mass is 475 g/mol. The van der Waals surface area contributed by atoms with E-state index in [0.717, 1.165) is 28.1 Å². The Morgan fingerprint density at radius 2 is 1.85 bits per heavy atom. The van der Waals surface area contributed by atoms with E-state index in [4.69, 9.17) is 4.74 Å². The zero-order valence-electron chi connectivity index (χ0n) is 19.5. The van der Waals surface area contributed by atoms with Gasteiger partial charge < -0.3 is 10.1 Å². The minimum atomic E-state index is -0.227. The number of aromatic nitrogens is 4. The highest BCUT2D eigenvalue weighted by Gasteiger charge is 2.21. The molecule has 1 amide bonds. The Balaban J connectivity index is 1.41. The molecule has 1 N–H and O–H groups in total. The molecule has 0 atom stereocenters. The van der Waals surface area contributed by atoms with Gasteiger partial charge in [-0.1, -0.05) is 18.2 Å². The number of nitrogens with zero attached hydrogens (tertiary/aromatic N) is 4. The number of carbonyl (C=O) groups is 1. The molecule has 0 aliphatic rings. The molecule has 0 saturated heterocycles. The number of pyridine rings is 1. The smallest absolute Gasteiger partial charge is 0.277 e. The number of carbonyl (C=O) groups excluding carboxylic acids is 1. The highest BCUT2D eigenvalue weighted by molar-refractivity contribution is 7.17. The van der Waals surface area contributed by atoms with E-state index in [1.165, 1.54) is 16.0 Å². The van der Waals surface area contributed by atoms with Crippen LogP contribution in [-0.2, 0) is 20.2 Å². The predicted molar refractivity (Wildman–Crippen MR) is 131 cm³/mol. The van der Waals surface area contributed by atoms with Gasteiger partial charge in [-0.3, -0.25) is 14.6 Å². The SMILES string of the molecule is Cc1nc(-c2c(C)c(C)nn(C)c2=O)sc1C(=O)NCc1ccc(OCc2cccnc2)cc1. The Morgan fingerprint density at radius 1 is 1.09 bits per heavy atom. The molecule has 9 heteroatoms.